The molecule has 0 unspecified atom stereocenters. The molecule has 6 nitrogen and oxygen atoms in total. The van der Waals surface area contributed by atoms with Gasteiger partial charge >= 0.3 is 0 Å². The van der Waals surface area contributed by atoms with Crippen LogP contribution in [-0.2, 0) is 13.0 Å². The van der Waals surface area contributed by atoms with Crippen molar-refractivity contribution in [1.82, 2.24) is 14.8 Å². The summed E-state index contributed by atoms with van der Waals surface area (Å²) < 4.78 is 1.99. The summed E-state index contributed by atoms with van der Waals surface area (Å²) in [7, 11) is 0. The van der Waals surface area contributed by atoms with Crippen LogP contribution in [0.1, 0.15) is 23.9 Å². The fraction of sp³-hybridized carbons (Fsp3) is 0.400. The van der Waals surface area contributed by atoms with E-state index in [0.29, 0.717) is 12.5 Å². The van der Waals surface area contributed by atoms with Crippen molar-refractivity contribution >= 4 is 35.6 Å². The molecule has 0 amide bonds. The molecule has 0 saturated heterocycles. The number of nitrogens with zero attached hydrogens (tertiary/aromatic N) is 4. The summed E-state index contributed by atoms with van der Waals surface area (Å²) in [5.74, 6) is 1.39. The first-order chi connectivity index (χ1) is 10.1. The maximum atomic E-state index is 5.91. The summed E-state index contributed by atoms with van der Waals surface area (Å²) in [5.41, 5.74) is 9.27. The lowest BCUT2D eigenvalue weighted by Gasteiger charge is -2.08. The predicted octanol–water partition coefficient (Wildman–Crippen LogP) is 2.50. The molecule has 0 aliphatic rings. The Balaban J connectivity index is 0.00000242. The number of nitrogens with two attached hydrogens (primary N) is 1. The third kappa shape index (κ3) is 5.28. The van der Waals surface area contributed by atoms with Crippen LogP contribution in [0.4, 0.5) is 5.69 Å². The number of anilines is 1. The Kier molecular flexibility index (Phi) is 7.30. The quantitative estimate of drug-likeness (QED) is 0.448. The highest BCUT2D eigenvalue weighted by atomic mass is 127. The van der Waals surface area contributed by atoms with Gasteiger partial charge in [-0.1, -0.05) is 13.0 Å². The fourth-order valence-corrected chi connectivity index (χ4v) is 2.25. The molecule has 0 aliphatic heterocycles. The Hall–Kier alpha value is -1.64. The van der Waals surface area contributed by atoms with Crippen molar-refractivity contribution in [3.63, 3.8) is 0 Å². The van der Waals surface area contributed by atoms with Gasteiger partial charge in [-0.05, 0) is 37.1 Å². The summed E-state index contributed by atoms with van der Waals surface area (Å²) in [5, 5.41) is 11.1. The molecule has 0 saturated carbocycles. The van der Waals surface area contributed by atoms with Crippen molar-refractivity contribution in [3.05, 3.63) is 41.5 Å². The Labute approximate surface area is 148 Å². The van der Waals surface area contributed by atoms with E-state index in [4.69, 9.17) is 5.73 Å². The number of nitrogens with one attached hydrogen (secondary N) is 1. The first kappa shape index (κ1) is 18.4. The van der Waals surface area contributed by atoms with Crippen molar-refractivity contribution in [2.24, 2.45) is 10.7 Å². The van der Waals surface area contributed by atoms with Gasteiger partial charge in [-0.3, -0.25) is 4.99 Å². The number of hydrogen-bond acceptors (Lipinski definition) is 3. The second kappa shape index (κ2) is 8.72. The van der Waals surface area contributed by atoms with Crippen molar-refractivity contribution in [3.8, 4) is 0 Å². The smallest absolute Gasteiger partial charge is 0.193 e. The van der Waals surface area contributed by atoms with Gasteiger partial charge in [-0.25, -0.2) is 0 Å². The van der Waals surface area contributed by atoms with E-state index >= 15 is 0 Å². The van der Waals surface area contributed by atoms with Crippen LogP contribution < -0.4 is 11.1 Å². The number of hydrogen-bond donors (Lipinski definition) is 2. The zero-order valence-electron chi connectivity index (χ0n) is 13.2. The van der Waals surface area contributed by atoms with Crippen LogP contribution in [0.2, 0.25) is 0 Å². The van der Waals surface area contributed by atoms with Crippen molar-refractivity contribution < 1.29 is 0 Å². The van der Waals surface area contributed by atoms with Crippen molar-refractivity contribution in [2.45, 2.75) is 33.7 Å². The lowest BCUT2D eigenvalue weighted by Crippen LogP contribution is -2.23. The lowest BCUT2D eigenvalue weighted by atomic mass is 10.1. The molecule has 0 aliphatic carbocycles. The van der Waals surface area contributed by atoms with Crippen LogP contribution in [0.5, 0.6) is 0 Å². The molecule has 120 valence electrons. The van der Waals surface area contributed by atoms with Gasteiger partial charge in [0.25, 0.3) is 0 Å². The molecule has 1 aromatic carbocycles. The van der Waals surface area contributed by atoms with Gasteiger partial charge in [0.2, 0.25) is 0 Å². The molecule has 3 N–H and O–H groups in total. The van der Waals surface area contributed by atoms with Crippen LogP contribution in [0.25, 0.3) is 0 Å². The van der Waals surface area contributed by atoms with E-state index in [1.807, 2.05) is 16.7 Å². The van der Waals surface area contributed by atoms with E-state index in [-0.39, 0.29) is 24.0 Å². The highest BCUT2D eigenvalue weighted by Gasteiger charge is 2.01. The first-order valence-electron chi connectivity index (χ1n) is 7.10. The average molecular weight is 414 g/mol. The largest absolute Gasteiger partial charge is 0.370 e. The third-order valence-electron chi connectivity index (χ3n) is 3.13. The molecule has 1 aromatic heterocycles. The number of guanidine groups is 1. The number of halogens is 1. The number of benzene rings is 1. The highest BCUT2D eigenvalue weighted by molar-refractivity contribution is 14.0. The Morgan fingerprint density at radius 2 is 1.95 bits per heavy atom. The fourth-order valence-electron chi connectivity index (χ4n) is 2.25. The maximum Gasteiger partial charge on any atom is 0.193 e. The number of rotatable bonds is 5. The lowest BCUT2D eigenvalue weighted by molar-refractivity contribution is 0.666. The van der Waals surface area contributed by atoms with E-state index < -0.39 is 0 Å². The van der Waals surface area contributed by atoms with Crippen LogP contribution in [0.15, 0.2) is 29.5 Å². The van der Waals surface area contributed by atoms with Crippen molar-refractivity contribution in [1.29, 1.82) is 0 Å². The van der Waals surface area contributed by atoms with Gasteiger partial charge in [-0.2, -0.15) is 0 Å². The first-order valence-corrected chi connectivity index (χ1v) is 7.10. The molecule has 0 atom stereocenters. The van der Waals surface area contributed by atoms with Gasteiger partial charge in [0, 0.05) is 18.7 Å². The Morgan fingerprint density at radius 3 is 2.59 bits per heavy atom. The highest BCUT2D eigenvalue weighted by Crippen LogP contribution is 2.13. The maximum absolute atomic E-state index is 5.91. The summed E-state index contributed by atoms with van der Waals surface area (Å²) in [6.07, 6.45) is 2.59. The van der Waals surface area contributed by atoms with Gasteiger partial charge in [-0.15, -0.1) is 34.2 Å². The minimum absolute atomic E-state index is 0. The monoisotopic (exact) mass is 414 g/mol. The van der Waals surface area contributed by atoms with Crippen LogP contribution in [-0.4, -0.2) is 27.3 Å². The molecule has 0 fully saturated rings. The summed E-state index contributed by atoms with van der Waals surface area (Å²) in [6.45, 7) is 7.49. The third-order valence-corrected chi connectivity index (χ3v) is 3.13. The van der Waals surface area contributed by atoms with Crippen molar-refractivity contribution in [2.75, 3.05) is 11.9 Å². The van der Waals surface area contributed by atoms with Crippen LogP contribution in [0.3, 0.4) is 0 Å². The molecular weight excluding hydrogens is 391 g/mol. The van der Waals surface area contributed by atoms with Gasteiger partial charge < -0.3 is 15.6 Å². The molecule has 0 spiro atoms. The standard InChI is InChI=1S/C15H22N6.HI/c1-4-14-20-18-10-21(14)6-5-17-15(16)19-13-8-11(2)7-12(3)9-13;/h7-10H,4-6H2,1-3H3,(H3,16,17,19);1H. The number of aliphatic imine (C=N–C) groups is 1. The van der Waals surface area contributed by atoms with E-state index in [1.54, 1.807) is 6.33 Å². The summed E-state index contributed by atoms with van der Waals surface area (Å²) in [6, 6.07) is 6.21. The van der Waals surface area contributed by atoms with Gasteiger partial charge in [0.15, 0.2) is 5.96 Å². The Bertz CT molecular complexity index is 614. The summed E-state index contributed by atoms with van der Waals surface area (Å²) in [4.78, 5) is 4.34. The van der Waals surface area contributed by atoms with Gasteiger partial charge in [0.1, 0.15) is 12.2 Å². The summed E-state index contributed by atoms with van der Waals surface area (Å²) >= 11 is 0. The van der Waals surface area contributed by atoms with Crippen LogP contribution >= 0.6 is 24.0 Å². The molecule has 2 rings (SSSR count). The van der Waals surface area contributed by atoms with E-state index in [2.05, 4.69) is 47.3 Å². The second-order valence-corrected chi connectivity index (χ2v) is 5.06. The topological polar surface area (TPSA) is 81.1 Å². The van der Waals surface area contributed by atoms with E-state index in [0.717, 1.165) is 24.5 Å². The molecule has 0 bridgehead atoms. The van der Waals surface area contributed by atoms with E-state index in [9.17, 15) is 0 Å². The van der Waals surface area contributed by atoms with Crippen LogP contribution in [0, 0.1) is 13.8 Å². The molecule has 1 heterocycles. The SMILES string of the molecule is CCc1nncn1CCN=C(N)Nc1cc(C)cc(C)c1.I. The zero-order chi connectivity index (χ0) is 15.2. The molecule has 22 heavy (non-hydrogen) atoms. The normalized spacial score (nSPS) is 11.1. The molecule has 7 heteroatoms. The molecule has 0 radical (unpaired) electrons. The Morgan fingerprint density at radius 1 is 1.27 bits per heavy atom. The second-order valence-electron chi connectivity index (χ2n) is 5.06. The van der Waals surface area contributed by atoms with E-state index in [1.165, 1.54) is 11.1 Å². The predicted molar refractivity (Wildman–Crippen MR) is 101 cm³/mol. The zero-order valence-corrected chi connectivity index (χ0v) is 15.5. The molecule has 2 aromatic rings. The molecular formula is C15H23IN6. The minimum atomic E-state index is 0. The minimum Gasteiger partial charge on any atom is -0.370 e. The number of aromatic nitrogens is 3. The van der Waals surface area contributed by atoms with Gasteiger partial charge in [0.05, 0.1) is 6.54 Å². The number of aryl methyl sites for hydroxylation is 3. The average Bonchev–Trinajstić information content (AvgIpc) is 2.84.